The number of piperidine rings is 1. The Bertz CT molecular complexity index is 468. The number of likely N-dealkylation sites (tertiary alicyclic amines) is 1. The van der Waals surface area contributed by atoms with Gasteiger partial charge in [0.1, 0.15) is 5.75 Å². The number of carbonyl (C=O) groups excluding carboxylic acids is 1. The van der Waals surface area contributed by atoms with Gasteiger partial charge in [-0.25, -0.2) is 0 Å². The van der Waals surface area contributed by atoms with E-state index in [-0.39, 0.29) is 18.3 Å². The molecule has 2 rings (SSSR count). The lowest BCUT2D eigenvalue weighted by Crippen LogP contribution is -2.47. The number of hydrogen-bond donors (Lipinski definition) is 1. The van der Waals surface area contributed by atoms with Crippen LogP contribution in [0.2, 0.25) is 5.02 Å². The van der Waals surface area contributed by atoms with Gasteiger partial charge in [0.05, 0.1) is 12.7 Å². The van der Waals surface area contributed by atoms with Crippen molar-refractivity contribution in [3.63, 3.8) is 0 Å². The average Bonchev–Trinajstić information content (AvgIpc) is 2.46. The van der Waals surface area contributed by atoms with Crippen molar-refractivity contribution in [2.75, 3.05) is 27.2 Å². The van der Waals surface area contributed by atoms with E-state index in [1.807, 2.05) is 11.9 Å². The van der Waals surface area contributed by atoms with Crippen LogP contribution in [0.4, 0.5) is 0 Å². The minimum absolute atomic E-state index is 0. The first-order chi connectivity index (χ1) is 9.15. The number of rotatable bonds is 3. The molecule has 1 unspecified atom stereocenters. The Morgan fingerprint density at radius 2 is 2.25 bits per heavy atom. The van der Waals surface area contributed by atoms with E-state index in [1.54, 1.807) is 25.3 Å². The highest BCUT2D eigenvalue weighted by molar-refractivity contribution is 6.30. The van der Waals surface area contributed by atoms with E-state index < -0.39 is 0 Å². The zero-order valence-electron chi connectivity index (χ0n) is 11.7. The standard InChI is InChI=1S/C14H19ClN2O2.ClH/c1-16-11-4-3-7-17(9-11)14(18)12-6-5-10(15)8-13(12)19-2;/h5-6,8,11,16H,3-4,7,9H2,1-2H3;1H. The zero-order valence-corrected chi connectivity index (χ0v) is 13.3. The average molecular weight is 319 g/mol. The summed E-state index contributed by atoms with van der Waals surface area (Å²) in [7, 11) is 3.48. The summed E-state index contributed by atoms with van der Waals surface area (Å²) in [6, 6.07) is 5.49. The topological polar surface area (TPSA) is 41.6 Å². The van der Waals surface area contributed by atoms with Crippen molar-refractivity contribution in [3.05, 3.63) is 28.8 Å². The second kappa shape index (κ2) is 7.72. The third kappa shape index (κ3) is 3.78. The minimum atomic E-state index is 0. The molecule has 1 fully saturated rings. The van der Waals surface area contributed by atoms with Crippen molar-refractivity contribution in [1.29, 1.82) is 0 Å². The summed E-state index contributed by atoms with van der Waals surface area (Å²) in [4.78, 5) is 14.4. The Kier molecular flexibility index (Phi) is 6.59. The number of benzene rings is 1. The minimum Gasteiger partial charge on any atom is -0.496 e. The van der Waals surface area contributed by atoms with Crippen molar-refractivity contribution in [2.24, 2.45) is 0 Å². The summed E-state index contributed by atoms with van der Waals surface area (Å²) < 4.78 is 5.24. The van der Waals surface area contributed by atoms with Gasteiger partial charge in [0.15, 0.2) is 0 Å². The van der Waals surface area contributed by atoms with E-state index in [0.717, 1.165) is 25.9 Å². The number of halogens is 2. The number of amides is 1. The molecule has 1 amide bonds. The van der Waals surface area contributed by atoms with Crippen LogP contribution in [-0.2, 0) is 0 Å². The largest absolute Gasteiger partial charge is 0.496 e. The van der Waals surface area contributed by atoms with Gasteiger partial charge in [0.25, 0.3) is 5.91 Å². The molecule has 0 radical (unpaired) electrons. The monoisotopic (exact) mass is 318 g/mol. The van der Waals surface area contributed by atoms with Crippen LogP contribution in [0.1, 0.15) is 23.2 Å². The molecule has 0 spiro atoms. The van der Waals surface area contributed by atoms with Crippen LogP contribution >= 0.6 is 24.0 Å². The lowest BCUT2D eigenvalue weighted by molar-refractivity contribution is 0.0695. The van der Waals surface area contributed by atoms with Crippen LogP contribution < -0.4 is 10.1 Å². The van der Waals surface area contributed by atoms with E-state index >= 15 is 0 Å². The third-order valence-electron chi connectivity index (χ3n) is 3.51. The fraction of sp³-hybridized carbons (Fsp3) is 0.500. The van der Waals surface area contributed by atoms with E-state index in [2.05, 4.69) is 5.32 Å². The molecule has 4 nitrogen and oxygen atoms in total. The number of methoxy groups -OCH3 is 1. The van der Waals surface area contributed by atoms with Crippen molar-refractivity contribution < 1.29 is 9.53 Å². The van der Waals surface area contributed by atoms with Crippen LogP contribution in [0.15, 0.2) is 18.2 Å². The normalized spacial score (nSPS) is 18.4. The summed E-state index contributed by atoms with van der Waals surface area (Å²) in [6.45, 7) is 1.53. The molecule has 0 aromatic heterocycles. The van der Waals surface area contributed by atoms with E-state index in [9.17, 15) is 4.79 Å². The van der Waals surface area contributed by atoms with Gasteiger partial charge in [-0.3, -0.25) is 4.79 Å². The highest BCUT2D eigenvalue weighted by atomic mass is 35.5. The first-order valence-electron chi connectivity index (χ1n) is 6.45. The molecular weight excluding hydrogens is 299 g/mol. The molecule has 1 aliphatic heterocycles. The molecule has 1 atom stereocenters. The number of hydrogen-bond acceptors (Lipinski definition) is 3. The molecule has 6 heteroatoms. The SMILES string of the molecule is CNC1CCCN(C(=O)c2ccc(Cl)cc2OC)C1.Cl. The number of ether oxygens (including phenoxy) is 1. The molecule has 20 heavy (non-hydrogen) atoms. The molecule has 1 heterocycles. The van der Waals surface area contributed by atoms with Gasteiger partial charge < -0.3 is 15.0 Å². The maximum absolute atomic E-state index is 12.5. The first-order valence-corrected chi connectivity index (χ1v) is 6.83. The molecule has 112 valence electrons. The van der Waals surface area contributed by atoms with Gasteiger partial charge in [-0.15, -0.1) is 12.4 Å². The molecule has 1 aromatic rings. The van der Waals surface area contributed by atoms with Crippen LogP contribution in [0.5, 0.6) is 5.75 Å². The molecule has 0 bridgehead atoms. The maximum atomic E-state index is 12.5. The second-order valence-electron chi connectivity index (χ2n) is 4.72. The van der Waals surface area contributed by atoms with E-state index in [4.69, 9.17) is 16.3 Å². The Labute approximate surface area is 130 Å². The molecule has 1 saturated heterocycles. The lowest BCUT2D eigenvalue weighted by Gasteiger charge is -2.32. The van der Waals surface area contributed by atoms with Crippen LogP contribution in [0.3, 0.4) is 0 Å². The fourth-order valence-corrected chi connectivity index (χ4v) is 2.57. The second-order valence-corrected chi connectivity index (χ2v) is 5.16. The predicted molar refractivity (Wildman–Crippen MR) is 83.2 cm³/mol. The van der Waals surface area contributed by atoms with Gasteiger partial charge in [-0.1, -0.05) is 11.6 Å². The van der Waals surface area contributed by atoms with Crippen molar-refractivity contribution in [1.82, 2.24) is 10.2 Å². The molecule has 1 aromatic carbocycles. The highest BCUT2D eigenvalue weighted by Gasteiger charge is 2.25. The summed E-state index contributed by atoms with van der Waals surface area (Å²) >= 11 is 5.92. The van der Waals surface area contributed by atoms with Crippen molar-refractivity contribution in [3.8, 4) is 5.75 Å². The highest BCUT2D eigenvalue weighted by Crippen LogP contribution is 2.25. The van der Waals surface area contributed by atoms with Crippen LogP contribution in [0.25, 0.3) is 0 Å². The number of nitrogens with zero attached hydrogens (tertiary/aromatic N) is 1. The molecule has 1 N–H and O–H groups in total. The molecular formula is C14H20Cl2N2O2. The van der Waals surface area contributed by atoms with Crippen molar-refractivity contribution in [2.45, 2.75) is 18.9 Å². The number of nitrogens with one attached hydrogen (secondary N) is 1. The maximum Gasteiger partial charge on any atom is 0.257 e. The molecule has 0 saturated carbocycles. The summed E-state index contributed by atoms with van der Waals surface area (Å²) in [5, 5.41) is 3.80. The lowest BCUT2D eigenvalue weighted by atomic mass is 10.0. The Balaban J connectivity index is 0.00000200. The Morgan fingerprint density at radius 3 is 2.90 bits per heavy atom. The summed E-state index contributed by atoms with van der Waals surface area (Å²) in [5.41, 5.74) is 0.573. The predicted octanol–water partition coefficient (Wildman–Crippen LogP) is 2.59. The zero-order chi connectivity index (χ0) is 13.8. The van der Waals surface area contributed by atoms with Gasteiger partial charge in [-0.05, 0) is 38.1 Å². The number of likely N-dealkylation sites (N-methyl/N-ethyl adjacent to an activating group) is 1. The molecule has 0 aliphatic carbocycles. The third-order valence-corrected chi connectivity index (χ3v) is 3.75. The Hall–Kier alpha value is -0.970. The van der Waals surface area contributed by atoms with Crippen LogP contribution in [-0.4, -0.2) is 44.1 Å². The number of carbonyl (C=O) groups is 1. The van der Waals surface area contributed by atoms with E-state index in [0.29, 0.717) is 22.4 Å². The summed E-state index contributed by atoms with van der Waals surface area (Å²) in [5.74, 6) is 0.539. The van der Waals surface area contributed by atoms with E-state index in [1.165, 1.54) is 0 Å². The Morgan fingerprint density at radius 1 is 1.50 bits per heavy atom. The smallest absolute Gasteiger partial charge is 0.257 e. The fourth-order valence-electron chi connectivity index (χ4n) is 2.41. The van der Waals surface area contributed by atoms with Gasteiger partial charge >= 0.3 is 0 Å². The summed E-state index contributed by atoms with van der Waals surface area (Å²) in [6.07, 6.45) is 2.13. The molecule has 1 aliphatic rings. The van der Waals surface area contributed by atoms with Crippen molar-refractivity contribution >= 4 is 29.9 Å². The van der Waals surface area contributed by atoms with Gasteiger partial charge in [0.2, 0.25) is 0 Å². The quantitative estimate of drug-likeness (QED) is 0.931. The first kappa shape index (κ1) is 17.1. The van der Waals surface area contributed by atoms with Gasteiger partial charge in [0, 0.05) is 24.2 Å². The van der Waals surface area contributed by atoms with Crippen LogP contribution in [0, 0.1) is 0 Å². The van der Waals surface area contributed by atoms with Gasteiger partial charge in [-0.2, -0.15) is 0 Å².